The van der Waals surface area contributed by atoms with Crippen molar-refractivity contribution in [2.45, 2.75) is 25.7 Å². The Labute approximate surface area is 159 Å². The number of rotatable bonds is 9. The number of methoxy groups -OCH3 is 1. The molecule has 0 bridgehead atoms. The Kier molecular flexibility index (Phi) is 7.41. The van der Waals surface area contributed by atoms with Crippen LogP contribution in [0.2, 0.25) is 6.04 Å². The zero-order chi connectivity index (χ0) is 20.0. The van der Waals surface area contributed by atoms with Crippen LogP contribution in [0.15, 0.2) is 12.1 Å². The Morgan fingerprint density at radius 2 is 1.93 bits per heavy atom. The molecule has 1 aliphatic heterocycles. The average Bonchev–Trinajstić information content (AvgIpc) is 2.96. The van der Waals surface area contributed by atoms with E-state index in [1.165, 1.54) is 28.4 Å². The second-order valence-electron chi connectivity index (χ2n) is 5.82. The largest absolute Gasteiger partial charge is 0.500 e. The zero-order valence-electron chi connectivity index (χ0n) is 16.1. The second kappa shape index (κ2) is 9.35. The van der Waals surface area contributed by atoms with Crippen LogP contribution < -0.4 is 15.3 Å². The summed E-state index contributed by atoms with van der Waals surface area (Å²) in [5.74, 6) is 0.599. The summed E-state index contributed by atoms with van der Waals surface area (Å²) in [5.41, 5.74) is 1.69. The highest BCUT2D eigenvalue weighted by Gasteiger charge is 2.37. The smallest absolute Gasteiger partial charge is 0.496 e. The first-order valence-electron chi connectivity index (χ1n) is 8.34. The zero-order valence-corrected chi connectivity index (χ0v) is 17.1. The number of nitrogens with zero attached hydrogens (tertiary/aromatic N) is 1. The number of benzene rings is 1. The fraction of sp³-hybridized carbons (Fsp3) is 0.562. The predicted molar refractivity (Wildman–Crippen MR) is 96.5 cm³/mol. The molecule has 27 heavy (non-hydrogen) atoms. The van der Waals surface area contributed by atoms with Gasteiger partial charge in [0.15, 0.2) is 0 Å². The molecule has 0 radical (unpaired) electrons. The van der Waals surface area contributed by atoms with E-state index in [-0.39, 0.29) is 0 Å². The van der Waals surface area contributed by atoms with Crippen LogP contribution in [0.5, 0.6) is 5.75 Å². The first-order valence-corrected chi connectivity index (χ1v) is 10.3. The Balaban J connectivity index is 1.89. The van der Waals surface area contributed by atoms with Crippen molar-refractivity contribution in [1.82, 2.24) is 5.32 Å². The molecule has 0 saturated heterocycles. The minimum Gasteiger partial charge on any atom is -0.496 e. The molecule has 1 aromatic carbocycles. The van der Waals surface area contributed by atoms with Crippen molar-refractivity contribution in [2.24, 2.45) is 0 Å². The monoisotopic (exact) mass is 402 g/mol. The third-order valence-electron chi connectivity index (χ3n) is 4.28. The van der Waals surface area contributed by atoms with Gasteiger partial charge in [-0.15, -0.1) is 5.23 Å². The Morgan fingerprint density at radius 3 is 2.52 bits per heavy atom. The highest BCUT2D eigenvalue weighted by Crippen LogP contribution is 2.40. The minimum atomic E-state index is -2.67. The fourth-order valence-electron chi connectivity index (χ4n) is 2.74. The van der Waals surface area contributed by atoms with Crippen molar-refractivity contribution in [2.75, 3.05) is 40.2 Å². The van der Waals surface area contributed by atoms with Gasteiger partial charge in [-0.1, -0.05) is 0 Å². The SMILES string of the molecule is COc1cc2c(cc1C)N(O)OC2OC(=O)NCCC[Si](OC)(OC)OC. The molecule has 0 aliphatic carbocycles. The molecule has 0 saturated carbocycles. The lowest BCUT2D eigenvalue weighted by molar-refractivity contribution is -0.158. The quantitative estimate of drug-likeness (QED) is 0.474. The summed E-state index contributed by atoms with van der Waals surface area (Å²) in [5, 5.41) is 13.1. The summed E-state index contributed by atoms with van der Waals surface area (Å²) in [6.45, 7) is 2.17. The molecule has 0 spiro atoms. The molecule has 11 heteroatoms. The van der Waals surface area contributed by atoms with Gasteiger partial charge in [-0.25, -0.2) is 4.79 Å². The number of alkyl carbamates (subject to hydrolysis) is 1. The third-order valence-corrected chi connectivity index (χ3v) is 7.11. The number of nitrogens with one attached hydrogen (secondary N) is 1. The average molecular weight is 402 g/mol. The van der Waals surface area contributed by atoms with E-state index in [0.29, 0.717) is 41.2 Å². The van der Waals surface area contributed by atoms with Gasteiger partial charge in [0.25, 0.3) is 6.29 Å². The number of aryl methyl sites for hydroxylation is 1. The van der Waals surface area contributed by atoms with Crippen LogP contribution in [-0.4, -0.2) is 55.1 Å². The van der Waals surface area contributed by atoms with Gasteiger partial charge in [-0.3, -0.25) is 5.21 Å². The van der Waals surface area contributed by atoms with Crippen molar-refractivity contribution < 1.29 is 37.6 Å². The molecular weight excluding hydrogens is 376 g/mol. The standard InChI is InChI=1S/C16H26N2O8Si/c1-11-9-13-12(10-14(11)21-2)15(26-18(13)20)25-16(19)17-7-6-8-27(22-3,23-4)24-5/h9-10,15,20H,6-8H2,1-5H3,(H,17,19). The number of carbonyl (C=O) groups is 1. The topological polar surface area (TPSA) is 108 Å². The number of ether oxygens (including phenoxy) is 2. The molecule has 152 valence electrons. The van der Waals surface area contributed by atoms with E-state index in [1.807, 2.05) is 6.92 Å². The maximum absolute atomic E-state index is 12.0. The van der Waals surface area contributed by atoms with Crippen molar-refractivity contribution in [1.29, 1.82) is 0 Å². The number of carbonyl (C=O) groups excluding carboxylic acids is 1. The van der Waals surface area contributed by atoms with Crippen LogP contribution in [0.3, 0.4) is 0 Å². The maximum atomic E-state index is 12.0. The predicted octanol–water partition coefficient (Wildman–Crippen LogP) is 2.14. The van der Waals surface area contributed by atoms with E-state index < -0.39 is 21.2 Å². The molecule has 1 unspecified atom stereocenters. The first kappa shape index (κ1) is 21.4. The molecule has 1 aromatic rings. The fourth-order valence-corrected chi connectivity index (χ4v) is 4.46. The number of hydrogen-bond acceptors (Lipinski definition) is 9. The van der Waals surface area contributed by atoms with Gasteiger partial charge in [0.1, 0.15) is 11.4 Å². The molecule has 1 heterocycles. The lowest BCUT2D eigenvalue weighted by Gasteiger charge is -2.24. The second-order valence-corrected chi connectivity index (χ2v) is 8.91. The molecule has 10 nitrogen and oxygen atoms in total. The lowest BCUT2D eigenvalue weighted by atomic mass is 10.1. The summed E-state index contributed by atoms with van der Waals surface area (Å²) in [6.07, 6.45) is -1.18. The van der Waals surface area contributed by atoms with Gasteiger partial charge in [-0.2, -0.15) is 4.84 Å². The summed E-state index contributed by atoms with van der Waals surface area (Å²) < 4.78 is 26.5. The lowest BCUT2D eigenvalue weighted by Crippen LogP contribution is -2.43. The van der Waals surface area contributed by atoms with Gasteiger partial charge >= 0.3 is 14.9 Å². The van der Waals surface area contributed by atoms with Crippen LogP contribution >= 0.6 is 0 Å². The number of fused-ring (bicyclic) bond motifs is 1. The number of anilines is 1. The molecule has 2 N–H and O–H groups in total. The first-order chi connectivity index (χ1) is 12.9. The highest BCUT2D eigenvalue weighted by atomic mass is 28.4. The van der Waals surface area contributed by atoms with Crippen LogP contribution in [0.4, 0.5) is 10.5 Å². The van der Waals surface area contributed by atoms with Crippen molar-refractivity contribution in [3.8, 4) is 5.75 Å². The number of amides is 1. The van der Waals surface area contributed by atoms with E-state index in [4.69, 9.17) is 27.6 Å². The third kappa shape index (κ3) is 4.89. The van der Waals surface area contributed by atoms with Gasteiger partial charge in [-0.05, 0) is 31.0 Å². The molecule has 2 rings (SSSR count). The van der Waals surface area contributed by atoms with Crippen molar-refractivity contribution in [3.63, 3.8) is 0 Å². The highest BCUT2D eigenvalue weighted by molar-refractivity contribution is 6.60. The molecular formula is C16H26N2O8Si. The van der Waals surface area contributed by atoms with Crippen LogP contribution in [0.25, 0.3) is 0 Å². The van der Waals surface area contributed by atoms with Crippen LogP contribution in [0.1, 0.15) is 23.8 Å². The van der Waals surface area contributed by atoms with E-state index in [0.717, 1.165) is 5.56 Å². The van der Waals surface area contributed by atoms with Gasteiger partial charge in [0, 0.05) is 33.9 Å². The molecule has 1 amide bonds. The van der Waals surface area contributed by atoms with Gasteiger partial charge in [0.2, 0.25) is 0 Å². The number of hydrogen-bond donors (Lipinski definition) is 2. The van der Waals surface area contributed by atoms with E-state index >= 15 is 0 Å². The maximum Gasteiger partial charge on any atom is 0.500 e. The van der Waals surface area contributed by atoms with Crippen molar-refractivity contribution in [3.05, 3.63) is 23.3 Å². The summed E-state index contributed by atoms with van der Waals surface area (Å²) >= 11 is 0. The Hall–Kier alpha value is -1.89. The minimum absolute atomic E-state index is 0.337. The van der Waals surface area contributed by atoms with Crippen molar-refractivity contribution >= 4 is 20.6 Å². The van der Waals surface area contributed by atoms with Crippen LogP contribution in [0, 0.1) is 6.92 Å². The molecule has 1 aliphatic rings. The van der Waals surface area contributed by atoms with Crippen LogP contribution in [-0.2, 0) is 22.9 Å². The van der Waals surface area contributed by atoms with E-state index in [2.05, 4.69) is 5.32 Å². The Bertz CT molecular complexity index is 647. The summed E-state index contributed by atoms with van der Waals surface area (Å²) in [7, 11) is 3.47. The summed E-state index contributed by atoms with van der Waals surface area (Å²) in [6, 6.07) is 3.88. The summed E-state index contributed by atoms with van der Waals surface area (Å²) in [4.78, 5) is 17.2. The molecule has 0 fully saturated rings. The van der Waals surface area contributed by atoms with Gasteiger partial charge < -0.3 is 28.1 Å². The Morgan fingerprint density at radius 1 is 1.26 bits per heavy atom. The molecule has 0 aromatic heterocycles. The van der Waals surface area contributed by atoms with E-state index in [1.54, 1.807) is 12.1 Å². The van der Waals surface area contributed by atoms with E-state index in [9.17, 15) is 10.0 Å². The molecule has 1 atom stereocenters. The van der Waals surface area contributed by atoms with Gasteiger partial charge in [0.05, 0.1) is 12.7 Å². The normalized spacial score (nSPS) is 16.2.